The molecule has 3 rings (SSSR count). The summed E-state index contributed by atoms with van der Waals surface area (Å²) < 4.78 is 7.05. The third kappa shape index (κ3) is 2.19. The smallest absolute Gasteiger partial charge is 0.223 e. The molecule has 1 atom stereocenters. The van der Waals surface area contributed by atoms with Crippen molar-refractivity contribution in [3.05, 3.63) is 28.9 Å². The van der Waals surface area contributed by atoms with E-state index in [2.05, 4.69) is 5.10 Å². The summed E-state index contributed by atoms with van der Waals surface area (Å²) in [6, 6.07) is 5.52. The highest BCUT2D eigenvalue weighted by Gasteiger charge is 2.25. The minimum absolute atomic E-state index is 0.120. The second-order valence-corrected chi connectivity index (χ2v) is 4.83. The molecule has 1 aliphatic heterocycles. The van der Waals surface area contributed by atoms with Gasteiger partial charge in [-0.3, -0.25) is 9.48 Å². The van der Waals surface area contributed by atoms with Gasteiger partial charge in [0.1, 0.15) is 6.10 Å². The SMILES string of the molecule is NC(=O)Cc1nn(CC2CO2)c2ccc(Cl)cc12. The molecule has 0 saturated carbocycles. The third-order valence-corrected chi connectivity index (χ3v) is 3.14. The second-order valence-electron chi connectivity index (χ2n) is 4.39. The van der Waals surface area contributed by atoms with E-state index in [-0.39, 0.29) is 12.5 Å². The van der Waals surface area contributed by atoms with Gasteiger partial charge in [-0.25, -0.2) is 0 Å². The van der Waals surface area contributed by atoms with E-state index in [1.807, 2.05) is 22.9 Å². The van der Waals surface area contributed by atoms with Crippen LogP contribution in [0.5, 0.6) is 0 Å². The fourth-order valence-electron chi connectivity index (χ4n) is 2.02. The Labute approximate surface area is 108 Å². The zero-order valence-corrected chi connectivity index (χ0v) is 10.4. The Bertz CT molecular complexity index is 619. The Balaban J connectivity index is 2.08. The summed E-state index contributed by atoms with van der Waals surface area (Å²) in [6.07, 6.45) is 0.347. The number of carbonyl (C=O) groups is 1. The van der Waals surface area contributed by atoms with E-state index >= 15 is 0 Å². The van der Waals surface area contributed by atoms with E-state index in [4.69, 9.17) is 22.1 Å². The van der Waals surface area contributed by atoms with Crippen molar-refractivity contribution in [2.75, 3.05) is 6.61 Å². The van der Waals surface area contributed by atoms with Crippen LogP contribution in [0.3, 0.4) is 0 Å². The van der Waals surface area contributed by atoms with Gasteiger partial charge in [0.2, 0.25) is 5.91 Å². The molecule has 1 aromatic heterocycles. The van der Waals surface area contributed by atoms with Crippen molar-refractivity contribution in [1.29, 1.82) is 0 Å². The number of hydrogen-bond donors (Lipinski definition) is 1. The minimum Gasteiger partial charge on any atom is -0.371 e. The van der Waals surface area contributed by atoms with Crippen molar-refractivity contribution in [3.8, 4) is 0 Å². The number of rotatable bonds is 4. The zero-order chi connectivity index (χ0) is 12.7. The van der Waals surface area contributed by atoms with Gasteiger partial charge in [-0.2, -0.15) is 5.10 Å². The highest BCUT2D eigenvalue weighted by molar-refractivity contribution is 6.31. The molecular formula is C12H12ClN3O2. The fourth-order valence-corrected chi connectivity index (χ4v) is 2.19. The minimum atomic E-state index is -0.399. The zero-order valence-electron chi connectivity index (χ0n) is 9.60. The first-order valence-corrected chi connectivity index (χ1v) is 6.06. The molecule has 1 amide bonds. The molecule has 2 heterocycles. The fraction of sp³-hybridized carbons (Fsp3) is 0.333. The number of nitrogens with zero attached hydrogens (tertiary/aromatic N) is 2. The number of benzene rings is 1. The number of halogens is 1. The summed E-state index contributed by atoms with van der Waals surface area (Å²) in [5.41, 5.74) is 6.85. The van der Waals surface area contributed by atoms with Gasteiger partial charge in [-0.1, -0.05) is 11.6 Å². The Hall–Kier alpha value is -1.59. The van der Waals surface area contributed by atoms with Gasteiger partial charge >= 0.3 is 0 Å². The maximum atomic E-state index is 11.1. The molecule has 0 aliphatic carbocycles. The summed E-state index contributed by atoms with van der Waals surface area (Å²) in [5.74, 6) is -0.399. The molecule has 2 N–H and O–H groups in total. The number of ether oxygens (including phenoxy) is 1. The normalized spacial score (nSPS) is 18.2. The van der Waals surface area contributed by atoms with Crippen LogP contribution in [-0.2, 0) is 22.5 Å². The molecule has 0 bridgehead atoms. The van der Waals surface area contributed by atoms with Crippen LogP contribution in [-0.4, -0.2) is 28.4 Å². The average Bonchev–Trinajstić information content (AvgIpc) is 3.04. The molecule has 5 nitrogen and oxygen atoms in total. The van der Waals surface area contributed by atoms with Gasteiger partial charge in [0.25, 0.3) is 0 Å². The number of hydrogen-bond acceptors (Lipinski definition) is 3. The molecule has 1 fully saturated rings. The summed E-state index contributed by atoms with van der Waals surface area (Å²) in [6.45, 7) is 1.46. The van der Waals surface area contributed by atoms with Crippen LogP contribution in [0.25, 0.3) is 10.9 Å². The van der Waals surface area contributed by atoms with Gasteiger partial charge in [0.15, 0.2) is 0 Å². The van der Waals surface area contributed by atoms with E-state index in [1.165, 1.54) is 0 Å². The molecule has 6 heteroatoms. The Morgan fingerprint density at radius 2 is 2.39 bits per heavy atom. The summed E-state index contributed by atoms with van der Waals surface area (Å²) in [5, 5.41) is 5.93. The van der Waals surface area contributed by atoms with Crippen LogP contribution in [0.1, 0.15) is 5.69 Å². The first-order valence-electron chi connectivity index (χ1n) is 5.68. The first kappa shape index (κ1) is 11.5. The molecule has 0 radical (unpaired) electrons. The molecule has 1 aliphatic rings. The van der Waals surface area contributed by atoms with Crippen LogP contribution in [0.4, 0.5) is 0 Å². The van der Waals surface area contributed by atoms with Crippen LogP contribution in [0.2, 0.25) is 5.02 Å². The van der Waals surface area contributed by atoms with Crippen LogP contribution in [0, 0.1) is 0 Å². The molecule has 1 saturated heterocycles. The number of primary amides is 1. The van der Waals surface area contributed by atoms with Crippen LogP contribution in [0.15, 0.2) is 18.2 Å². The highest BCUT2D eigenvalue weighted by Crippen LogP contribution is 2.24. The van der Waals surface area contributed by atoms with E-state index in [1.54, 1.807) is 0 Å². The van der Waals surface area contributed by atoms with Gasteiger partial charge in [-0.15, -0.1) is 0 Å². The molecule has 1 unspecified atom stereocenters. The second kappa shape index (κ2) is 4.26. The topological polar surface area (TPSA) is 73.4 Å². The molecule has 94 valence electrons. The Morgan fingerprint density at radius 3 is 3.06 bits per heavy atom. The van der Waals surface area contributed by atoms with Gasteiger partial charge in [0.05, 0.1) is 30.8 Å². The number of nitrogens with two attached hydrogens (primary N) is 1. The lowest BCUT2D eigenvalue weighted by Gasteiger charge is -1.99. The Morgan fingerprint density at radius 1 is 1.61 bits per heavy atom. The van der Waals surface area contributed by atoms with Crippen molar-refractivity contribution < 1.29 is 9.53 Å². The van der Waals surface area contributed by atoms with Crippen molar-refractivity contribution >= 4 is 28.4 Å². The van der Waals surface area contributed by atoms with Crippen molar-refractivity contribution in [2.45, 2.75) is 19.1 Å². The maximum Gasteiger partial charge on any atom is 0.223 e. The largest absolute Gasteiger partial charge is 0.371 e. The van der Waals surface area contributed by atoms with Crippen molar-refractivity contribution in [1.82, 2.24) is 9.78 Å². The summed E-state index contributed by atoms with van der Waals surface area (Å²) in [4.78, 5) is 11.1. The van der Waals surface area contributed by atoms with Crippen LogP contribution < -0.4 is 5.73 Å². The van der Waals surface area contributed by atoms with Crippen molar-refractivity contribution in [2.24, 2.45) is 5.73 Å². The predicted molar refractivity (Wildman–Crippen MR) is 67.4 cm³/mol. The number of carbonyl (C=O) groups excluding carboxylic acids is 1. The number of epoxide rings is 1. The molecule has 1 aromatic carbocycles. The number of fused-ring (bicyclic) bond motifs is 1. The Kier molecular flexibility index (Phi) is 2.72. The lowest BCUT2D eigenvalue weighted by molar-refractivity contribution is -0.117. The third-order valence-electron chi connectivity index (χ3n) is 2.91. The first-order chi connectivity index (χ1) is 8.63. The number of amides is 1. The lowest BCUT2D eigenvalue weighted by Crippen LogP contribution is -2.14. The standard InChI is InChI=1S/C12H12ClN3O2/c13-7-1-2-11-9(3-7)10(4-12(14)17)15-16(11)5-8-6-18-8/h1-3,8H,4-6H2,(H2,14,17). The van der Waals surface area contributed by atoms with Gasteiger partial charge in [0, 0.05) is 10.4 Å². The quantitative estimate of drug-likeness (QED) is 0.842. The van der Waals surface area contributed by atoms with Crippen molar-refractivity contribution in [3.63, 3.8) is 0 Å². The highest BCUT2D eigenvalue weighted by atomic mass is 35.5. The summed E-state index contributed by atoms with van der Waals surface area (Å²) in [7, 11) is 0. The molecule has 18 heavy (non-hydrogen) atoms. The number of aromatic nitrogens is 2. The molecule has 2 aromatic rings. The van der Waals surface area contributed by atoms with E-state index in [9.17, 15) is 4.79 Å². The molecule has 0 spiro atoms. The van der Waals surface area contributed by atoms with E-state index in [0.717, 1.165) is 17.5 Å². The predicted octanol–water partition coefficient (Wildman–Crippen LogP) is 1.12. The molecular weight excluding hydrogens is 254 g/mol. The van der Waals surface area contributed by atoms with Crippen LogP contribution >= 0.6 is 11.6 Å². The van der Waals surface area contributed by atoms with Gasteiger partial charge < -0.3 is 10.5 Å². The van der Waals surface area contributed by atoms with E-state index in [0.29, 0.717) is 17.3 Å². The summed E-state index contributed by atoms with van der Waals surface area (Å²) >= 11 is 5.98. The lowest BCUT2D eigenvalue weighted by atomic mass is 10.1. The average molecular weight is 266 g/mol. The maximum absolute atomic E-state index is 11.1. The van der Waals surface area contributed by atoms with Gasteiger partial charge in [-0.05, 0) is 18.2 Å². The van der Waals surface area contributed by atoms with E-state index < -0.39 is 5.91 Å². The monoisotopic (exact) mass is 265 g/mol.